The Hall–Kier alpha value is -1.65. The molecule has 1 aromatic rings. The molecule has 0 spiro atoms. The number of hydrogen-bond acceptors (Lipinski definition) is 4. The van der Waals surface area contributed by atoms with Crippen LogP contribution in [0.25, 0.3) is 0 Å². The van der Waals surface area contributed by atoms with Crippen molar-refractivity contribution in [3.05, 3.63) is 11.4 Å². The minimum Gasteiger partial charge on any atom is -0.481 e. The summed E-state index contributed by atoms with van der Waals surface area (Å²) in [5.74, 6) is 2.61. The van der Waals surface area contributed by atoms with Gasteiger partial charge in [-0.3, -0.25) is 9.69 Å². The van der Waals surface area contributed by atoms with Crippen molar-refractivity contribution in [2.75, 3.05) is 19.1 Å². The lowest BCUT2D eigenvalue weighted by Crippen LogP contribution is -2.21. The Bertz CT molecular complexity index is 469. The van der Waals surface area contributed by atoms with Crippen LogP contribution in [-0.2, 0) is 11.2 Å². The molecule has 3 rings (SSSR count). The van der Waals surface area contributed by atoms with E-state index in [1.807, 2.05) is 0 Å². The zero-order valence-corrected chi connectivity index (χ0v) is 9.36. The van der Waals surface area contributed by atoms with Crippen molar-refractivity contribution in [3.8, 4) is 5.88 Å². The summed E-state index contributed by atoms with van der Waals surface area (Å²) in [6.07, 6.45) is 2.62. The zero-order chi connectivity index (χ0) is 11.3. The molecule has 5 heteroatoms. The van der Waals surface area contributed by atoms with Crippen LogP contribution in [-0.4, -0.2) is 30.0 Å². The molecule has 1 aromatic heterocycles. The molecule has 2 aliphatic rings. The Balaban J connectivity index is 2.13. The third-order valence-corrected chi connectivity index (χ3v) is 3.12. The molecule has 0 atom stereocenters. The molecular weight excluding hydrogens is 206 g/mol. The van der Waals surface area contributed by atoms with E-state index in [1.165, 1.54) is 0 Å². The fourth-order valence-corrected chi connectivity index (χ4v) is 1.98. The first-order chi connectivity index (χ1) is 7.70. The highest BCUT2D eigenvalue weighted by molar-refractivity contribution is 6.00. The Morgan fingerprint density at radius 3 is 2.75 bits per heavy atom. The minimum absolute atomic E-state index is 0.0514. The molecule has 0 aromatic carbocycles. The van der Waals surface area contributed by atoms with Gasteiger partial charge in [-0.2, -0.15) is 4.98 Å². The number of methoxy groups -OCH3 is 1. The van der Waals surface area contributed by atoms with E-state index >= 15 is 0 Å². The average Bonchev–Trinajstić information content (AvgIpc) is 3.08. The number of carbonyl (C=O) groups is 1. The predicted molar refractivity (Wildman–Crippen MR) is 57.7 cm³/mol. The fourth-order valence-electron chi connectivity index (χ4n) is 1.98. The molecule has 2 heterocycles. The molecule has 0 radical (unpaired) electrons. The fraction of sp³-hybridized carbons (Fsp3) is 0.545. The van der Waals surface area contributed by atoms with Crippen molar-refractivity contribution in [2.24, 2.45) is 0 Å². The second-order valence-corrected chi connectivity index (χ2v) is 4.30. The largest absolute Gasteiger partial charge is 0.481 e. The van der Waals surface area contributed by atoms with Crippen molar-refractivity contribution >= 4 is 11.7 Å². The van der Waals surface area contributed by atoms with Gasteiger partial charge < -0.3 is 4.74 Å². The Morgan fingerprint density at radius 2 is 2.12 bits per heavy atom. The number of rotatable bonds is 2. The molecule has 0 N–H and O–H groups in total. The Kier molecular flexibility index (Phi) is 1.89. The van der Waals surface area contributed by atoms with E-state index in [-0.39, 0.29) is 5.91 Å². The molecule has 1 aliphatic carbocycles. The summed E-state index contributed by atoms with van der Waals surface area (Å²) in [5, 5.41) is 0. The van der Waals surface area contributed by atoms with Crippen LogP contribution in [0.1, 0.15) is 30.1 Å². The lowest BCUT2D eigenvalue weighted by molar-refractivity contribution is -0.117. The van der Waals surface area contributed by atoms with Gasteiger partial charge in [0.15, 0.2) is 0 Å². The summed E-state index contributed by atoms with van der Waals surface area (Å²) in [4.78, 5) is 22.0. The summed E-state index contributed by atoms with van der Waals surface area (Å²) in [6, 6.07) is 0. The third-order valence-electron chi connectivity index (χ3n) is 3.12. The smallest absolute Gasteiger partial charge is 0.232 e. The lowest BCUT2D eigenvalue weighted by Gasteiger charge is -2.11. The van der Waals surface area contributed by atoms with Crippen LogP contribution in [0.4, 0.5) is 5.82 Å². The van der Waals surface area contributed by atoms with Crippen LogP contribution in [0.2, 0.25) is 0 Å². The van der Waals surface area contributed by atoms with Crippen LogP contribution >= 0.6 is 0 Å². The van der Waals surface area contributed by atoms with Crippen molar-refractivity contribution < 1.29 is 9.53 Å². The van der Waals surface area contributed by atoms with Crippen molar-refractivity contribution in [3.63, 3.8) is 0 Å². The van der Waals surface area contributed by atoms with Gasteiger partial charge in [-0.05, 0) is 12.8 Å². The quantitative estimate of drug-likeness (QED) is 0.741. The number of hydrogen-bond donors (Lipinski definition) is 0. The number of amides is 1. The van der Waals surface area contributed by atoms with Gasteiger partial charge in [-0.1, -0.05) is 0 Å². The van der Waals surface area contributed by atoms with E-state index in [0.717, 1.165) is 30.0 Å². The number of fused-ring (bicyclic) bond motifs is 1. The number of carbonyl (C=O) groups excluding carboxylic acids is 1. The summed E-state index contributed by atoms with van der Waals surface area (Å²) in [6.45, 7) is 0. The van der Waals surface area contributed by atoms with Gasteiger partial charge in [0, 0.05) is 13.0 Å². The van der Waals surface area contributed by atoms with Gasteiger partial charge in [-0.25, -0.2) is 4.98 Å². The van der Waals surface area contributed by atoms with E-state index in [9.17, 15) is 4.79 Å². The highest BCUT2D eigenvalue weighted by atomic mass is 16.5. The van der Waals surface area contributed by atoms with Crippen molar-refractivity contribution in [2.45, 2.75) is 25.2 Å². The number of nitrogens with zero attached hydrogens (tertiary/aromatic N) is 3. The maximum Gasteiger partial charge on any atom is 0.232 e. The predicted octanol–water partition coefficient (Wildman–Crippen LogP) is 0.881. The van der Waals surface area contributed by atoms with Gasteiger partial charge in [-0.15, -0.1) is 0 Å². The van der Waals surface area contributed by atoms with Crippen molar-refractivity contribution in [1.29, 1.82) is 0 Å². The normalized spacial score (nSPS) is 18.9. The molecule has 0 unspecified atom stereocenters. The molecule has 1 aliphatic heterocycles. The first-order valence-corrected chi connectivity index (χ1v) is 5.42. The summed E-state index contributed by atoms with van der Waals surface area (Å²) in [7, 11) is 3.33. The standard InChI is InChI=1S/C11H13N3O2/c1-14-8(15)5-7-10(14)12-9(6-3-4-6)13-11(7)16-2/h6H,3-5H2,1-2H3. The molecule has 84 valence electrons. The first kappa shape index (κ1) is 9.57. The number of likely N-dealkylation sites (N-methyl/N-ethyl adjacent to an activating group) is 1. The average molecular weight is 219 g/mol. The van der Waals surface area contributed by atoms with Crippen LogP contribution < -0.4 is 9.64 Å². The highest BCUT2D eigenvalue weighted by Gasteiger charge is 2.34. The van der Waals surface area contributed by atoms with Gasteiger partial charge in [0.2, 0.25) is 11.8 Å². The van der Waals surface area contributed by atoms with Crippen molar-refractivity contribution in [1.82, 2.24) is 9.97 Å². The zero-order valence-electron chi connectivity index (χ0n) is 9.36. The highest BCUT2D eigenvalue weighted by Crippen LogP contribution is 2.41. The maximum absolute atomic E-state index is 11.6. The van der Waals surface area contributed by atoms with Crippen LogP contribution in [0.3, 0.4) is 0 Å². The molecule has 1 fully saturated rings. The second kappa shape index (κ2) is 3.17. The minimum atomic E-state index is 0.0514. The molecule has 16 heavy (non-hydrogen) atoms. The van der Waals surface area contributed by atoms with E-state index in [4.69, 9.17) is 4.74 Å². The van der Waals surface area contributed by atoms with Gasteiger partial charge in [0.1, 0.15) is 11.6 Å². The molecule has 1 amide bonds. The van der Waals surface area contributed by atoms with E-state index < -0.39 is 0 Å². The monoisotopic (exact) mass is 219 g/mol. The maximum atomic E-state index is 11.6. The molecule has 1 saturated carbocycles. The van der Waals surface area contributed by atoms with Gasteiger partial charge in [0.25, 0.3) is 0 Å². The van der Waals surface area contributed by atoms with Crippen LogP contribution in [0.15, 0.2) is 0 Å². The summed E-state index contributed by atoms with van der Waals surface area (Å²) >= 11 is 0. The third kappa shape index (κ3) is 1.27. The van der Waals surface area contributed by atoms with E-state index in [2.05, 4.69) is 9.97 Å². The van der Waals surface area contributed by atoms with E-state index in [0.29, 0.717) is 18.2 Å². The number of aromatic nitrogens is 2. The number of ether oxygens (including phenoxy) is 1. The van der Waals surface area contributed by atoms with Crippen LogP contribution in [0.5, 0.6) is 5.88 Å². The summed E-state index contributed by atoms with van der Waals surface area (Å²) in [5.41, 5.74) is 0.819. The van der Waals surface area contributed by atoms with Gasteiger partial charge >= 0.3 is 0 Å². The molecule has 0 bridgehead atoms. The van der Waals surface area contributed by atoms with Gasteiger partial charge in [0.05, 0.1) is 19.1 Å². The first-order valence-electron chi connectivity index (χ1n) is 5.42. The topological polar surface area (TPSA) is 55.3 Å². The molecular formula is C11H13N3O2. The van der Waals surface area contributed by atoms with E-state index in [1.54, 1.807) is 19.1 Å². The second-order valence-electron chi connectivity index (χ2n) is 4.30. The Morgan fingerprint density at radius 1 is 1.38 bits per heavy atom. The molecule has 5 nitrogen and oxygen atoms in total. The Labute approximate surface area is 93.4 Å². The SMILES string of the molecule is COc1nc(C2CC2)nc2c1CC(=O)N2C. The van der Waals surface area contributed by atoms with Crippen LogP contribution in [0, 0.1) is 0 Å². The summed E-state index contributed by atoms with van der Waals surface area (Å²) < 4.78 is 5.24. The number of anilines is 1. The lowest BCUT2D eigenvalue weighted by atomic mass is 10.2. The molecule has 0 saturated heterocycles.